The first kappa shape index (κ1) is 18.3. The Hall–Kier alpha value is -3.02. The van der Waals surface area contributed by atoms with E-state index in [1.54, 1.807) is 24.3 Å². The summed E-state index contributed by atoms with van der Waals surface area (Å²) >= 11 is 0. The van der Waals surface area contributed by atoms with E-state index in [0.29, 0.717) is 24.5 Å². The third-order valence-electron chi connectivity index (χ3n) is 3.29. The molecule has 0 heterocycles. The molecule has 3 amide bonds. The number of hydrogen-bond acceptors (Lipinski definition) is 3. The zero-order chi connectivity index (χ0) is 18.2. The van der Waals surface area contributed by atoms with E-state index in [9.17, 15) is 9.59 Å². The Bertz CT molecular complexity index is 739. The Morgan fingerprint density at radius 2 is 1.60 bits per heavy atom. The molecule has 3 N–H and O–H groups in total. The van der Waals surface area contributed by atoms with Gasteiger partial charge in [-0.2, -0.15) is 0 Å². The highest BCUT2D eigenvalue weighted by atomic mass is 16.5. The van der Waals surface area contributed by atoms with Crippen molar-refractivity contribution in [1.82, 2.24) is 5.32 Å². The lowest BCUT2D eigenvalue weighted by Gasteiger charge is -2.11. The molecular formula is C19H23N3O3. The van der Waals surface area contributed by atoms with E-state index in [4.69, 9.17) is 4.74 Å². The summed E-state index contributed by atoms with van der Waals surface area (Å²) in [6.45, 7) is 6.22. The van der Waals surface area contributed by atoms with Crippen molar-refractivity contribution in [3.63, 3.8) is 0 Å². The highest BCUT2D eigenvalue weighted by molar-refractivity contribution is 5.92. The highest BCUT2D eigenvalue weighted by Gasteiger charge is 2.03. The van der Waals surface area contributed by atoms with E-state index in [2.05, 4.69) is 22.0 Å². The van der Waals surface area contributed by atoms with Crippen LogP contribution in [0.25, 0.3) is 0 Å². The molecule has 0 spiro atoms. The van der Waals surface area contributed by atoms with Crippen LogP contribution in [0.15, 0.2) is 42.5 Å². The third kappa shape index (κ3) is 6.55. The lowest BCUT2D eigenvalue weighted by Crippen LogP contribution is -2.32. The second-order valence-electron chi connectivity index (χ2n) is 5.81. The van der Waals surface area contributed by atoms with Crippen LogP contribution in [0.5, 0.6) is 5.75 Å². The van der Waals surface area contributed by atoms with Crippen molar-refractivity contribution in [2.75, 3.05) is 23.8 Å². The van der Waals surface area contributed by atoms with Gasteiger partial charge >= 0.3 is 6.03 Å². The zero-order valence-electron chi connectivity index (χ0n) is 14.7. The number of aryl methyl sites for hydroxylation is 2. The van der Waals surface area contributed by atoms with Gasteiger partial charge in [-0.1, -0.05) is 12.1 Å². The average Bonchev–Trinajstić information content (AvgIpc) is 2.50. The lowest BCUT2D eigenvalue weighted by atomic mass is 10.1. The molecule has 0 aliphatic heterocycles. The lowest BCUT2D eigenvalue weighted by molar-refractivity contribution is -0.114. The first-order valence-electron chi connectivity index (χ1n) is 8.06. The van der Waals surface area contributed by atoms with Crippen LogP contribution >= 0.6 is 0 Å². The summed E-state index contributed by atoms with van der Waals surface area (Å²) in [4.78, 5) is 23.0. The van der Waals surface area contributed by atoms with Crippen LogP contribution < -0.4 is 20.7 Å². The predicted octanol–water partition coefficient (Wildman–Crippen LogP) is 3.46. The largest absolute Gasteiger partial charge is 0.492 e. The molecule has 25 heavy (non-hydrogen) atoms. The zero-order valence-corrected chi connectivity index (χ0v) is 14.7. The maximum atomic E-state index is 11.9. The standard InChI is InChI=1S/C19H23N3O3/c1-13-9-14(2)11-18(10-13)25-8-7-20-19(24)22-17-6-4-5-16(12-17)21-15(3)23/h4-6,9-12H,7-8H2,1-3H3,(H,21,23)(H2,20,22,24). The summed E-state index contributed by atoms with van der Waals surface area (Å²) in [5, 5.41) is 8.11. The van der Waals surface area contributed by atoms with Crippen LogP contribution in [0.2, 0.25) is 0 Å². The molecule has 0 saturated carbocycles. The quantitative estimate of drug-likeness (QED) is 0.704. The Morgan fingerprint density at radius 1 is 0.960 bits per heavy atom. The second-order valence-corrected chi connectivity index (χ2v) is 5.81. The molecule has 6 heteroatoms. The molecule has 0 fully saturated rings. The molecule has 2 aromatic carbocycles. The van der Waals surface area contributed by atoms with Gasteiger partial charge in [-0.05, 0) is 55.3 Å². The molecule has 0 aliphatic rings. The fourth-order valence-electron chi connectivity index (χ4n) is 2.40. The van der Waals surface area contributed by atoms with E-state index in [0.717, 1.165) is 16.9 Å². The van der Waals surface area contributed by atoms with Crippen LogP contribution in [0.4, 0.5) is 16.2 Å². The van der Waals surface area contributed by atoms with Gasteiger partial charge in [-0.3, -0.25) is 4.79 Å². The minimum Gasteiger partial charge on any atom is -0.492 e. The van der Waals surface area contributed by atoms with Crippen molar-refractivity contribution in [2.24, 2.45) is 0 Å². The van der Waals surface area contributed by atoms with E-state index in [1.807, 2.05) is 26.0 Å². The average molecular weight is 341 g/mol. The topological polar surface area (TPSA) is 79.5 Å². The normalized spacial score (nSPS) is 10.0. The number of hydrogen-bond donors (Lipinski definition) is 3. The Labute approximate surface area is 147 Å². The van der Waals surface area contributed by atoms with Gasteiger partial charge in [0.25, 0.3) is 0 Å². The first-order valence-corrected chi connectivity index (χ1v) is 8.06. The van der Waals surface area contributed by atoms with Crippen LogP contribution in [-0.2, 0) is 4.79 Å². The second kappa shape index (κ2) is 8.73. The van der Waals surface area contributed by atoms with Crippen molar-refractivity contribution in [1.29, 1.82) is 0 Å². The number of anilines is 2. The third-order valence-corrected chi connectivity index (χ3v) is 3.29. The van der Waals surface area contributed by atoms with Crippen LogP contribution in [-0.4, -0.2) is 25.1 Å². The van der Waals surface area contributed by atoms with Gasteiger partial charge in [0.15, 0.2) is 0 Å². The van der Waals surface area contributed by atoms with Gasteiger partial charge in [0.05, 0.1) is 6.54 Å². The number of urea groups is 1. The van der Waals surface area contributed by atoms with Crippen LogP contribution in [0.1, 0.15) is 18.1 Å². The summed E-state index contributed by atoms with van der Waals surface area (Å²) in [5.74, 6) is 0.632. The maximum Gasteiger partial charge on any atom is 0.319 e. The van der Waals surface area contributed by atoms with Crippen molar-refractivity contribution in [3.05, 3.63) is 53.6 Å². The van der Waals surface area contributed by atoms with Crippen molar-refractivity contribution < 1.29 is 14.3 Å². The van der Waals surface area contributed by atoms with Crippen molar-refractivity contribution in [3.8, 4) is 5.75 Å². The first-order chi connectivity index (χ1) is 11.9. The number of carbonyl (C=O) groups is 2. The van der Waals surface area contributed by atoms with Crippen molar-refractivity contribution in [2.45, 2.75) is 20.8 Å². The van der Waals surface area contributed by atoms with Gasteiger partial charge in [-0.25, -0.2) is 4.79 Å². The number of carbonyl (C=O) groups excluding carboxylic acids is 2. The smallest absolute Gasteiger partial charge is 0.319 e. The Balaban J connectivity index is 1.76. The number of nitrogens with one attached hydrogen (secondary N) is 3. The highest BCUT2D eigenvalue weighted by Crippen LogP contribution is 2.16. The fraction of sp³-hybridized carbons (Fsp3) is 0.263. The minimum absolute atomic E-state index is 0.162. The number of amides is 3. The summed E-state index contributed by atoms with van der Waals surface area (Å²) in [5.41, 5.74) is 3.50. The molecule has 2 aromatic rings. The van der Waals surface area contributed by atoms with E-state index in [-0.39, 0.29) is 11.9 Å². The molecule has 0 aliphatic carbocycles. The maximum absolute atomic E-state index is 11.9. The molecule has 0 atom stereocenters. The monoisotopic (exact) mass is 341 g/mol. The predicted molar refractivity (Wildman–Crippen MR) is 99.2 cm³/mol. The van der Waals surface area contributed by atoms with E-state index >= 15 is 0 Å². The Morgan fingerprint density at radius 3 is 2.24 bits per heavy atom. The molecule has 0 radical (unpaired) electrons. The summed E-state index contributed by atoms with van der Waals surface area (Å²) < 4.78 is 5.64. The van der Waals surface area contributed by atoms with Crippen LogP contribution in [0, 0.1) is 13.8 Å². The summed E-state index contributed by atoms with van der Waals surface area (Å²) in [6.07, 6.45) is 0. The molecule has 2 rings (SSSR count). The molecule has 6 nitrogen and oxygen atoms in total. The van der Waals surface area contributed by atoms with Gasteiger partial charge < -0.3 is 20.7 Å². The molecule has 0 saturated heterocycles. The SMILES string of the molecule is CC(=O)Nc1cccc(NC(=O)NCCOc2cc(C)cc(C)c2)c1. The summed E-state index contributed by atoms with van der Waals surface area (Å²) in [6, 6.07) is 12.6. The Kier molecular flexibility index (Phi) is 6.39. The minimum atomic E-state index is -0.330. The van der Waals surface area contributed by atoms with E-state index in [1.165, 1.54) is 6.92 Å². The van der Waals surface area contributed by atoms with Gasteiger partial charge in [0.2, 0.25) is 5.91 Å². The number of rotatable bonds is 6. The van der Waals surface area contributed by atoms with Crippen LogP contribution in [0.3, 0.4) is 0 Å². The molecular weight excluding hydrogens is 318 g/mol. The molecule has 0 unspecified atom stereocenters. The fourth-order valence-corrected chi connectivity index (χ4v) is 2.40. The number of benzene rings is 2. The van der Waals surface area contributed by atoms with Crippen molar-refractivity contribution >= 4 is 23.3 Å². The molecule has 0 bridgehead atoms. The van der Waals surface area contributed by atoms with E-state index < -0.39 is 0 Å². The molecule has 0 aromatic heterocycles. The molecule has 132 valence electrons. The van der Waals surface area contributed by atoms with Gasteiger partial charge in [0.1, 0.15) is 12.4 Å². The van der Waals surface area contributed by atoms with Gasteiger partial charge in [0, 0.05) is 18.3 Å². The summed E-state index contributed by atoms with van der Waals surface area (Å²) in [7, 11) is 0. The number of ether oxygens (including phenoxy) is 1. The van der Waals surface area contributed by atoms with Gasteiger partial charge in [-0.15, -0.1) is 0 Å².